The molecule has 0 saturated carbocycles. The van der Waals surface area contributed by atoms with E-state index in [1.165, 1.54) is 18.4 Å². The summed E-state index contributed by atoms with van der Waals surface area (Å²) in [6.45, 7) is 1.69. The number of hydrogen-bond acceptors (Lipinski definition) is 4. The number of fused-ring (bicyclic) bond motifs is 1. The SMILES string of the molecule is c1cc2c(cn1)OC(C1CCCCO1)NC2. The molecule has 0 aliphatic carbocycles. The molecule has 1 fully saturated rings. The van der Waals surface area contributed by atoms with Crippen molar-refractivity contribution in [1.82, 2.24) is 10.3 Å². The first-order chi connectivity index (χ1) is 7.93. The summed E-state index contributed by atoms with van der Waals surface area (Å²) in [5.74, 6) is 0.889. The van der Waals surface area contributed by atoms with Gasteiger partial charge < -0.3 is 9.47 Å². The van der Waals surface area contributed by atoms with Crippen LogP contribution in [0.3, 0.4) is 0 Å². The van der Waals surface area contributed by atoms with E-state index in [0.717, 1.165) is 25.3 Å². The highest BCUT2D eigenvalue weighted by atomic mass is 16.6. The Hall–Kier alpha value is -1.13. The van der Waals surface area contributed by atoms with Crippen LogP contribution in [0, 0.1) is 0 Å². The summed E-state index contributed by atoms with van der Waals surface area (Å²) < 4.78 is 11.6. The maximum absolute atomic E-state index is 5.87. The van der Waals surface area contributed by atoms with E-state index in [1.807, 2.05) is 6.07 Å². The maximum atomic E-state index is 5.87. The number of hydrogen-bond donors (Lipinski definition) is 1. The van der Waals surface area contributed by atoms with Crippen LogP contribution in [0.5, 0.6) is 5.75 Å². The average molecular weight is 220 g/mol. The quantitative estimate of drug-likeness (QED) is 0.778. The zero-order chi connectivity index (χ0) is 10.8. The first kappa shape index (κ1) is 10.1. The van der Waals surface area contributed by atoms with E-state index in [2.05, 4.69) is 10.3 Å². The van der Waals surface area contributed by atoms with Crippen LogP contribution in [-0.2, 0) is 11.3 Å². The molecule has 4 heteroatoms. The van der Waals surface area contributed by atoms with Gasteiger partial charge in [-0.3, -0.25) is 10.3 Å². The molecular formula is C12H16N2O2. The summed E-state index contributed by atoms with van der Waals surface area (Å²) >= 11 is 0. The van der Waals surface area contributed by atoms with Gasteiger partial charge in [-0.15, -0.1) is 0 Å². The minimum Gasteiger partial charge on any atom is -0.471 e. The predicted molar refractivity (Wildman–Crippen MR) is 59.1 cm³/mol. The molecule has 0 radical (unpaired) electrons. The standard InChI is InChI=1S/C12H16N2O2/c1-2-6-15-10(3-1)12-14-7-9-4-5-13-8-11(9)16-12/h4-5,8,10,12,14H,1-3,6-7H2. The molecule has 2 aliphatic rings. The van der Waals surface area contributed by atoms with E-state index in [1.54, 1.807) is 12.4 Å². The second-order valence-corrected chi connectivity index (χ2v) is 4.31. The van der Waals surface area contributed by atoms with Gasteiger partial charge in [0.1, 0.15) is 11.9 Å². The summed E-state index contributed by atoms with van der Waals surface area (Å²) in [6, 6.07) is 1.99. The van der Waals surface area contributed by atoms with Crippen molar-refractivity contribution in [3.8, 4) is 5.75 Å². The number of pyridine rings is 1. The molecule has 4 nitrogen and oxygen atoms in total. The predicted octanol–water partition coefficient (Wildman–Crippen LogP) is 1.46. The van der Waals surface area contributed by atoms with Crippen LogP contribution in [0.25, 0.3) is 0 Å². The van der Waals surface area contributed by atoms with E-state index < -0.39 is 0 Å². The molecule has 1 saturated heterocycles. The Bertz CT molecular complexity index is 364. The highest BCUT2D eigenvalue weighted by Gasteiger charge is 2.29. The summed E-state index contributed by atoms with van der Waals surface area (Å²) in [4.78, 5) is 4.08. The Morgan fingerprint density at radius 3 is 3.25 bits per heavy atom. The highest BCUT2D eigenvalue weighted by Crippen LogP contribution is 2.25. The van der Waals surface area contributed by atoms with E-state index >= 15 is 0 Å². The monoisotopic (exact) mass is 220 g/mol. The Morgan fingerprint density at radius 2 is 2.38 bits per heavy atom. The third kappa shape index (κ3) is 1.90. The molecule has 2 atom stereocenters. The van der Waals surface area contributed by atoms with Gasteiger partial charge in [0.05, 0.1) is 6.20 Å². The van der Waals surface area contributed by atoms with Crippen molar-refractivity contribution in [2.45, 2.75) is 38.1 Å². The van der Waals surface area contributed by atoms with Crippen LogP contribution in [0.1, 0.15) is 24.8 Å². The summed E-state index contributed by atoms with van der Waals surface area (Å²) in [5.41, 5.74) is 1.17. The first-order valence-electron chi connectivity index (χ1n) is 5.88. The van der Waals surface area contributed by atoms with Gasteiger partial charge in [0, 0.05) is 24.9 Å². The van der Waals surface area contributed by atoms with Gasteiger partial charge in [-0.2, -0.15) is 0 Å². The maximum Gasteiger partial charge on any atom is 0.176 e. The molecule has 16 heavy (non-hydrogen) atoms. The molecule has 3 heterocycles. The third-order valence-electron chi connectivity index (χ3n) is 3.17. The molecule has 1 aromatic heterocycles. The van der Waals surface area contributed by atoms with Crippen molar-refractivity contribution >= 4 is 0 Å². The van der Waals surface area contributed by atoms with Crippen molar-refractivity contribution < 1.29 is 9.47 Å². The Morgan fingerprint density at radius 1 is 1.38 bits per heavy atom. The van der Waals surface area contributed by atoms with Gasteiger partial charge in [0.2, 0.25) is 0 Å². The largest absolute Gasteiger partial charge is 0.471 e. The van der Waals surface area contributed by atoms with Crippen molar-refractivity contribution in [3.05, 3.63) is 24.0 Å². The molecule has 2 aliphatic heterocycles. The highest BCUT2D eigenvalue weighted by molar-refractivity contribution is 5.31. The lowest BCUT2D eigenvalue weighted by atomic mass is 10.1. The van der Waals surface area contributed by atoms with Crippen LogP contribution < -0.4 is 10.1 Å². The van der Waals surface area contributed by atoms with Gasteiger partial charge >= 0.3 is 0 Å². The van der Waals surface area contributed by atoms with Gasteiger partial charge in [-0.05, 0) is 25.3 Å². The molecule has 2 unspecified atom stereocenters. The summed E-state index contributed by atoms with van der Waals surface area (Å²) in [6.07, 6.45) is 7.22. The van der Waals surface area contributed by atoms with Gasteiger partial charge in [-0.1, -0.05) is 0 Å². The van der Waals surface area contributed by atoms with Gasteiger partial charge in [0.25, 0.3) is 0 Å². The molecule has 0 spiro atoms. The fourth-order valence-corrected chi connectivity index (χ4v) is 2.26. The Kier molecular flexibility index (Phi) is 2.76. The second kappa shape index (κ2) is 4.39. The number of nitrogens with zero attached hydrogens (tertiary/aromatic N) is 1. The normalized spacial score (nSPS) is 29.2. The molecule has 1 aromatic rings. The minimum atomic E-state index is -0.0167. The third-order valence-corrected chi connectivity index (χ3v) is 3.17. The molecule has 0 aromatic carbocycles. The van der Waals surface area contributed by atoms with E-state index in [9.17, 15) is 0 Å². The minimum absolute atomic E-state index is 0.0167. The molecular weight excluding hydrogens is 204 g/mol. The topological polar surface area (TPSA) is 43.4 Å². The zero-order valence-electron chi connectivity index (χ0n) is 9.19. The van der Waals surface area contributed by atoms with Crippen LogP contribution in [-0.4, -0.2) is 23.9 Å². The number of rotatable bonds is 1. The first-order valence-corrected chi connectivity index (χ1v) is 5.88. The van der Waals surface area contributed by atoms with Crippen molar-refractivity contribution in [1.29, 1.82) is 0 Å². The van der Waals surface area contributed by atoms with Crippen molar-refractivity contribution in [2.24, 2.45) is 0 Å². The number of nitrogens with one attached hydrogen (secondary N) is 1. The summed E-state index contributed by atoms with van der Waals surface area (Å²) in [5, 5.41) is 3.37. The van der Waals surface area contributed by atoms with E-state index in [4.69, 9.17) is 9.47 Å². The second-order valence-electron chi connectivity index (χ2n) is 4.31. The molecule has 0 bridgehead atoms. The van der Waals surface area contributed by atoms with Gasteiger partial charge in [0.15, 0.2) is 6.23 Å². The number of aromatic nitrogens is 1. The van der Waals surface area contributed by atoms with Crippen molar-refractivity contribution in [2.75, 3.05) is 6.61 Å². The van der Waals surface area contributed by atoms with E-state index in [-0.39, 0.29) is 12.3 Å². The fraction of sp³-hybridized carbons (Fsp3) is 0.583. The Labute approximate surface area is 95.0 Å². The molecule has 86 valence electrons. The van der Waals surface area contributed by atoms with Crippen molar-refractivity contribution in [3.63, 3.8) is 0 Å². The number of ether oxygens (including phenoxy) is 2. The average Bonchev–Trinajstić information content (AvgIpc) is 2.39. The lowest BCUT2D eigenvalue weighted by molar-refractivity contribution is -0.0688. The van der Waals surface area contributed by atoms with Crippen LogP contribution in [0.4, 0.5) is 0 Å². The molecule has 1 N–H and O–H groups in total. The smallest absolute Gasteiger partial charge is 0.176 e. The summed E-state index contributed by atoms with van der Waals surface area (Å²) in [7, 11) is 0. The molecule has 0 amide bonds. The Balaban J connectivity index is 1.72. The zero-order valence-corrected chi connectivity index (χ0v) is 9.19. The van der Waals surface area contributed by atoms with Crippen LogP contribution in [0.2, 0.25) is 0 Å². The molecule has 3 rings (SSSR count). The van der Waals surface area contributed by atoms with Gasteiger partial charge in [-0.25, -0.2) is 0 Å². The van der Waals surface area contributed by atoms with E-state index in [0.29, 0.717) is 0 Å². The van der Waals surface area contributed by atoms with Crippen LogP contribution >= 0.6 is 0 Å². The lowest BCUT2D eigenvalue weighted by Gasteiger charge is -2.34. The van der Waals surface area contributed by atoms with Crippen LogP contribution in [0.15, 0.2) is 18.5 Å². The lowest BCUT2D eigenvalue weighted by Crippen LogP contribution is -2.48. The fourth-order valence-electron chi connectivity index (χ4n) is 2.26.